The smallest absolute Gasteiger partial charge is 0.126 e. The van der Waals surface area contributed by atoms with E-state index in [4.69, 9.17) is 9.47 Å². The number of rotatable bonds is 4. The molecule has 0 aliphatic carbocycles. The topological polar surface area (TPSA) is 18.5 Å². The van der Waals surface area contributed by atoms with Crippen molar-refractivity contribution < 1.29 is 9.47 Å². The lowest BCUT2D eigenvalue weighted by Crippen LogP contribution is -1.95. The maximum atomic E-state index is 5.45. The summed E-state index contributed by atoms with van der Waals surface area (Å²) < 4.78 is 10.8. The Kier molecular flexibility index (Phi) is 4.24. The number of hydrogen-bond donors (Lipinski definition) is 0. The van der Waals surface area contributed by atoms with Gasteiger partial charge in [-0.05, 0) is 36.3 Å². The predicted octanol–water partition coefficient (Wildman–Crippen LogP) is 4.16. The van der Waals surface area contributed by atoms with Gasteiger partial charge in [-0.1, -0.05) is 36.4 Å². The second kappa shape index (κ2) is 6.10. The lowest BCUT2D eigenvalue weighted by atomic mass is 9.97. The fraction of sp³-hybridized carbons (Fsp3) is 0.176. The molecule has 19 heavy (non-hydrogen) atoms. The van der Waals surface area contributed by atoms with Crippen LogP contribution in [-0.4, -0.2) is 14.2 Å². The van der Waals surface area contributed by atoms with Gasteiger partial charge >= 0.3 is 0 Å². The summed E-state index contributed by atoms with van der Waals surface area (Å²) in [6.45, 7) is 2.03. The largest absolute Gasteiger partial charge is 0.497 e. The van der Waals surface area contributed by atoms with Gasteiger partial charge in [0.15, 0.2) is 0 Å². The van der Waals surface area contributed by atoms with Gasteiger partial charge < -0.3 is 9.47 Å². The molecule has 2 nitrogen and oxygen atoms in total. The van der Waals surface area contributed by atoms with Crippen molar-refractivity contribution >= 4 is 5.57 Å². The van der Waals surface area contributed by atoms with Gasteiger partial charge in [0, 0.05) is 5.56 Å². The minimum Gasteiger partial charge on any atom is -0.497 e. The van der Waals surface area contributed by atoms with Gasteiger partial charge in [0.25, 0.3) is 0 Å². The molecule has 0 N–H and O–H groups in total. The summed E-state index contributed by atoms with van der Waals surface area (Å²) in [6.07, 6.45) is 2.09. The van der Waals surface area contributed by atoms with Gasteiger partial charge in [0.05, 0.1) is 14.2 Å². The van der Waals surface area contributed by atoms with Gasteiger partial charge in [-0.25, -0.2) is 0 Å². The van der Waals surface area contributed by atoms with Crippen molar-refractivity contribution in [3.05, 3.63) is 65.7 Å². The van der Waals surface area contributed by atoms with Gasteiger partial charge in [0.1, 0.15) is 11.5 Å². The molecule has 0 atom stereocenters. The monoisotopic (exact) mass is 254 g/mol. The Morgan fingerprint density at radius 1 is 0.947 bits per heavy atom. The maximum Gasteiger partial charge on any atom is 0.126 e. The van der Waals surface area contributed by atoms with Crippen LogP contribution in [0.2, 0.25) is 0 Å². The SMILES string of the molecule is C/C=C(/c1ccccc1)c1cc(OC)ccc1OC. The van der Waals surface area contributed by atoms with Gasteiger partial charge in [0.2, 0.25) is 0 Å². The molecule has 98 valence electrons. The second-order valence-electron chi connectivity index (χ2n) is 4.13. The lowest BCUT2D eigenvalue weighted by Gasteiger charge is -2.14. The summed E-state index contributed by atoms with van der Waals surface area (Å²) >= 11 is 0. The molecule has 0 bridgehead atoms. The Morgan fingerprint density at radius 2 is 1.68 bits per heavy atom. The summed E-state index contributed by atoms with van der Waals surface area (Å²) in [5, 5.41) is 0. The molecule has 0 amide bonds. The van der Waals surface area contributed by atoms with Crippen LogP contribution < -0.4 is 9.47 Å². The molecular formula is C17H18O2. The van der Waals surface area contributed by atoms with Crippen molar-refractivity contribution in [2.75, 3.05) is 14.2 Å². The van der Waals surface area contributed by atoms with Gasteiger partial charge in [-0.15, -0.1) is 0 Å². The highest BCUT2D eigenvalue weighted by atomic mass is 16.5. The average Bonchev–Trinajstić information content (AvgIpc) is 2.49. The average molecular weight is 254 g/mol. The summed E-state index contributed by atoms with van der Waals surface area (Å²) in [5.74, 6) is 1.67. The zero-order valence-corrected chi connectivity index (χ0v) is 11.5. The lowest BCUT2D eigenvalue weighted by molar-refractivity contribution is 0.402. The van der Waals surface area contributed by atoms with Crippen molar-refractivity contribution in [1.29, 1.82) is 0 Å². The third-order valence-electron chi connectivity index (χ3n) is 3.07. The predicted molar refractivity (Wildman–Crippen MR) is 78.7 cm³/mol. The minimum atomic E-state index is 0.825. The Balaban J connectivity index is 2.55. The Labute approximate surface area is 114 Å². The van der Waals surface area contributed by atoms with E-state index in [0.717, 1.165) is 28.2 Å². The molecule has 0 saturated carbocycles. The quantitative estimate of drug-likeness (QED) is 0.815. The highest BCUT2D eigenvalue weighted by Crippen LogP contribution is 2.33. The van der Waals surface area contributed by atoms with Crippen LogP contribution in [0.5, 0.6) is 11.5 Å². The van der Waals surface area contributed by atoms with E-state index in [1.165, 1.54) is 0 Å². The van der Waals surface area contributed by atoms with Gasteiger partial charge in [-0.2, -0.15) is 0 Å². The Hall–Kier alpha value is -2.22. The first kappa shape index (κ1) is 13.2. The van der Waals surface area contributed by atoms with E-state index in [1.54, 1.807) is 14.2 Å². The molecule has 0 aliphatic heterocycles. The molecule has 0 heterocycles. The number of hydrogen-bond acceptors (Lipinski definition) is 2. The van der Waals surface area contributed by atoms with Crippen LogP contribution in [0, 0.1) is 0 Å². The third kappa shape index (κ3) is 2.79. The molecule has 0 radical (unpaired) electrons. The number of ether oxygens (including phenoxy) is 2. The molecule has 0 aromatic heterocycles. The molecule has 2 aromatic rings. The van der Waals surface area contributed by atoms with Gasteiger partial charge in [-0.3, -0.25) is 0 Å². The fourth-order valence-corrected chi connectivity index (χ4v) is 2.12. The van der Waals surface area contributed by atoms with Crippen LogP contribution in [0.15, 0.2) is 54.6 Å². The molecule has 2 heteroatoms. The fourth-order valence-electron chi connectivity index (χ4n) is 2.12. The van der Waals surface area contributed by atoms with E-state index < -0.39 is 0 Å². The molecule has 0 spiro atoms. The molecule has 0 fully saturated rings. The van der Waals surface area contributed by atoms with Crippen molar-refractivity contribution in [3.63, 3.8) is 0 Å². The Bertz CT molecular complexity index is 571. The first-order chi connectivity index (χ1) is 9.30. The zero-order chi connectivity index (χ0) is 13.7. The minimum absolute atomic E-state index is 0.825. The van der Waals surface area contributed by atoms with E-state index in [0.29, 0.717) is 0 Å². The van der Waals surface area contributed by atoms with Crippen LogP contribution in [0.1, 0.15) is 18.1 Å². The number of methoxy groups -OCH3 is 2. The Morgan fingerprint density at radius 3 is 2.26 bits per heavy atom. The summed E-state index contributed by atoms with van der Waals surface area (Å²) in [6, 6.07) is 16.1. The molecular weight excluding hydrogens is 236 g/mol. The highest BCUT2D eigenvalue weighted by molar-refractivity contribution is 5.83. The van der Waals surface area contributed by atoms with E-state index in [-0.39, 0.29) is 0 Å². The van der Waals surface area contributed by atoms with Crippen molar-refractivity contribution in [2.24, 2.45) is 0 Å². The van der Waals surface area contributed by atoms with Crippen molar-refractivity contribution in [1.82, 2.24) is 0 Å². The van der Waals surface area contributed by atoms with E-state index in [9.17, 15) is 0 Å². The highest BCUT2D eigenvalue weighted by Gasteiger charge is 2.11. The molecule has 2 aromatic carbocycles. The standard InChI is InChI=1S/C17H18O2/c1-4-15(13-8-6-5-7-9-13)16-12-14(18-2)10-11-17(16)19-3/h4-12H,1-3H3/b15-4-. The molecule has 0 unspecified atom stereocenters. The summed E-state index contributed by atoms with van der Waals surface area (Å²) in [7, 11) is 3.35. The van der Waals surface area contributed by atoms with E-state index >= 15 is 0 Å². The van der Waals surface area contributed by atoms with Crippen LogP contribution in [0.25, 0.3) is 5.57 Å². The first-order valence-corrected chi connectivity index (χ1v) is 6.24. The summed E-state index contributed by atoms with van der Waals surface area (Å²) in [4.78, 5) is 0. The molecule has 0 saturated heterocycles. The molecule has 2 rings (SSSR count). The first-order valence-electron chi connectivity index (χ1n) is 6.24. The van der Waals surface area contributed by atoms with Crippen molar-refractivity contribution in [3.8, 4) is 11.5 Å². The summed E-state index contributed by atoms with van der Waals surface area (Å²) in [5.41, 5.74) is 3.34. The number of benzene rings is 2. The van der Waals surface area contributed by atoms with Crippen molar-refractivity contribution in [2.45, 2.75) is 6.92 Å². The number of allylic oxidation sites excluding steroid dienone is 1. The normalized spacial score (nSPS) is 11.2. The van der Waals surface area contributed by atoms with E-state index in [1.807, 2.05) is 43.3 Å². The maximum absolute atomic E-state index is 5.45. The van der Waals surface area contributed by atoms with Crippen LogP contribution in [0.3, 0.4) is 0 Å². The van der Waals surface area contributed by atoms with Crippen LogP contribution >= 0.6 is 0 Å². The molecule has 0 aliphatic rings. The van der Waals surface area contributed by atoms with Crippen LogP contribution in [-0.2, 0) is 0 Å². The third-order valence-corrected chi connectivity index (χ3v) is 3.07. The van der Waals surface area contributed by atoms with E-state index in [2.05, 4.69) is 18.2 Å². The zero-order valence-electron chi connectivity index (χ0n) is 11.5. The second-order valence-corrected chi connectivity index (χ2v) is 4.13. The van der Waals surface area contributed by atoms with Crippen LogP contribution in [0.4, 0.5) is 0 Å².